The molecule has 1 aliphatic heterocycles. The van der Waals surface area contributed by atoms with Crippen LogP contribution in [0.3, 0.4) is 0 Å². The second kappa shape index (κ2) is 7.30. The molecule has 0 saturated carbocycles. The van der Waals surface area contributed by atoms with Crippen molar-refractivity contribution in [1.82, 2.24) is 15.0 Å². The summed E-state index contributed by atoms with van der Waals surface area (Å²) in [6, 6.07) is 14.6. The minimum absolute atomic E-state index is 0.814. The molecule has 0 spiro atoms. The van der Waals surface area contributed by atoms with Crippen LogP contribution < -0.4 is 9.80 Å². The van der Waals surface area contributed by atoms with Crippen molar-refractivity contribution in [3.8, 4) is 0 Å². The zero-order valence-corrected chi connectivity index (χ0v) is 14.1. The number of piperazine rings is 1. The maximum absolute atomic E-state index is 4.63. The van der Waals surface area contributed by atoms with Crippen molar-refractivity contribution in [3.63, 3.8) is 0 Å². The first-order valence-corrected chi connectivity index (χ1v) is 8.64. The summed E-state index contributed by atoms with van der Waals surface area (Å²) in [5, 5.41) is 0. The van der Waals surface area contributed by atoms with Gasteiger partial charge < -0.3 is 9.80 Å². The molecule has 0 bridgehead atoms. The Kier molecular flexibility index (Phi) is 4.55. The van der Waals surface area contributed by atoms with E-state index >= 15 is 0 Å². The highest BCUT2D eigenvalue weighted by atomic mass is 15.3. The molecule has 0 radical (unpaired) electrons. The lowest BCUT2D eigenvalue weighted by atomic mass is 10.1. The first-order valence-electron chi connectivity index (χ1n) is 8.64. The topological polar surface area (TPSA) is 45.2 Å². The number of hydrogen-bond donors (Lipinski definition) is 0. The van der Waals surface area contributed by atoms with Crippen LogP contribution in [-0.2, 0) is 6.42 Å². The molecule has 0 atom stereocenters. The van der Waals surface area contributed by atoms with Crippen LogP contribution in [0.4, 0.5) is 11.5 Å². The van der Waals surface area contributed by atoms with Gasteiger partial charge in [0.1, 0.15) is 0 Å². The van der Waals surface area contributed by atoms with Crippen LogP contribution in [0.5, 0.6) is 0 Å². The van der Waals surface area contributed by atoms with Crippen molar-refractivity contribution in [2.24, 2.45) is 0 Å². The average Bonchev–Trinajstić information content (AvgIpc) is 2.70. The average molecular weight is 331 g/mol. The van der Waals surface area contributed by atoms with Crippen LogP contribution in [0, 0.1) is 0 Å². The molecule has 5 heteroatoms. The maximum Gasteiger partial charge on any atom is 0.150 e. The highest BCUT2D eigenvalue weighted by Gasteiger charge is 2.21. The minimum atomic E-state index is 0.814. The van der Waals surface area contributed by atoms with Crippen LogP contribution in [0.25, 0.3) is 0 Å². The van der Waals surface area contributed by atoms with Crippen molar-refractivity contribution >= 4 is 11.5 Å². The van der Waals surface area contributed by atoms with Gasteiger partial charge in [-0.15, -0.1) is 0 Å². The van der Waals surface area contributed by atoms with E-state index < -0.39 is 0 Å². The smallest absolute Gasteiger partial charge is 0.150 e. The number of rotatable bonds is 4. The summed E-state index contributed by atoms with van der Waals surface area (Å²) in [6.07, 6.45) is 8.09. The molecule has 0 amide bonds. The monoisotopic (exact) mass is 331 g/mol. The molecule has 4 rings (SSSR count). The van der Waals surface area contributed by atoms with E-state index in [9.17, 15) is 0 Å². The lowest BCUT2D eigenvalue weighted by Crippen LogP contribution is -2.47. The molecule has 0 unspecified atom stereocenters. The molecule has 3 heterocycles. The van der Waals surface area contributed by atoms with E-state index in [0.29, 0.717) is 0 Å². The number of nitrogens with zero attached hydrogens (tertiary/aromatic N) is 5. The maximum atomic E-state index is 4.63. The third-order valence-corrected chi connectivity index (χ3v) is 4.57. The molecular weight excluding hydrogens is 310 g/mol. The van der Waals surface area contributed by atoms with Gasteiger partial charge in [0.25, 0.3) is 0 Å². The molecule has 126 valence electrons. The van der Waals surface area contributed by atoms with Crippen molar-refractivity contribution < 1.29 is 0 Å². The summed E-state index contributed by atoms with van der Waals surface area (Å²) >= 11 is 0. The van der Waals surface area contributed by atoms with Gasteiger partial charge in [-0.1, -0.05) is 30.3 Å². The highest BCUT2D eigenvalue weighted by molar-refractivity contribution is 5.50. The number of pyridine rings is 1. The SMILES string of the molecule is c1ccc(Cc2nccnc2N2CCN(c3ccncc3)CC2)cc1. The predicted molar refractivity (Wildman–Crippen MR) is 99.9 cm³/mol. The van der Waals surface area contributed by atoms with E-state index in [1.165, 1.54) is 11.3 Å². The minimum Gasteiger partial charge on any atom is -0.368 e. The van der Waals surface area contributed by atoms with E-state index in [4.69, 9.17) is 0 Å². The molecule has 3 aromatic rings. The van der Waals surface area contributed by atoms with E-state index in [-0.39, 0.29) is 0 Å². The van der Waals surface area contributed by atoms with E-state index in [0.717, 1.165) is 44.1 Å². The Bertz CT molecular complexity index is 799. The van der Waals surface area contributed by atoms with Crippen LogP contribution in [0.15, 0.2) is 67.3 Å². The van der Waals surface area contributed by atoms with Gasteiger partial charge in [0.05, 0.1) is 5.69 Å². The van der Waals surface area contributed by atoms with Crippen molar-refractivity contribution in [1.29, 1.82) is 0 Å². The molecule has 2 aromatic heterocycles. The van der Waals surface area contributed by atoms with Gasteiger partial charge in [-0.25, -0.2) is 4.98 Å². The van der Waals surface area contributed by atoms with Crippen molar-refractivity contribution in [3.05, 3.63) is 78.5 Å². The third-order valence-electron chi connectivity index (χ3n) is 4.57. The number of anilines is 2. The van der Waals surface area contributed by atoms with Crippen LogP contribution in [-0.4, -0.2) is 41.1 Å². The quantitative estimate of drug-likeness (QED) is 0.735. The van der Waals surface area contributed by atoms with Gasteiger partial charge in [-0.3, -0.25) is 9.97 Å². The molecule has 25 heavy (non-hydrogen) atoms. The summed E-state index contributed by atoms with van der Waals surface area (Å²) in [5.74, 6) is 1.01. The van der Waals surface area contributed by atoms with Gasteiger partial charge in [0.2, 0.25) is 0 Å². The first kappa shape index (κ1) is 15.6. The van der Waals surface area contributed by atoms with E-state index in [1.807, 2.05) is 18.5 Å². The molecule has 1 aliphatic rings. The fourth-order valence-electron chi connectivity index (χ4n) is 3.27. The Morgan fingerprint density at radius 1 is 0.720 bits per heavy atom. The van der Waals surface area contributed by atoms with Gasteiger partial charge >= 0.3 is 0 Å². The molecule has 1 saturated heterocycles. The Labute approximate surface area is 148 Å². The zero-order valence-electron chi connectivity index (χ0n) is 14.1. The van der Waals surface area contributed by atoms with Crippen molar-refractivity contribution in [2.45, 2.75) is 6.42 Å². The Morgan fingerprint density at radius 2 is 1.40 bits per heavy atom. The summed E-state index contributed by atoms with van der Waals surface area (Å²) in [5.41, 5.74) is 3.55. The van der Waals surface area contributed by atoms with E-state index in [2.05, 4.69) is 61.1 Å². The van der Waals surface area contributed by atoms with Gasteiger partial charge in [-0.2, -0.15) is 0 Å². The summed E-state index contributed by atoms with van der Waals surface area (Å²) < 4.78 is 0. The number of benzene rings is 1. The van der Waals surface area contributed by atoms with Gasteiger partial charge in [-0.05, 0) is 17.7 Å². The molecular formula is C20H21N5. The summed E-state index contributed by atoms with van der Waals surface area (Å²) in [7, 11) is 0. The van der Waals surface area contributed by atoms with Crippen LogP contribution in [0.2, 0.25) is 0 Å². The predicted octanol–water partition coefficient (Wildman–Crippen LogP) is 2.79. The molecule has 5 nitrogen and oxygen atoms in total. The summed E-state index contributed by atoms with van der Waals surface area (Å²) in [6.45, 7) is 3.85. The second-order valence-corrected chi connectivity index (χ2v) is 6.17. The fourth-order valence-corrected chi connectivity index (χ4v) is 3.27. The molecule has 1 fully saturated rings. The first-order chi connectivity index (χ1) is 12.4. The Balaban J connectivity index is 1.48. The van der Waals surface area contributed by atoms with Crippen LogP contribution in [0.1, 0.15) is 11.3 Å². The Hall–Kier alpha value is -2.95. The molecule has 1 aromatic carbocycles. The number of aromatic nitrogens is 3. The normalized spacial score (nSPS) is 14.6. The Morgan fingerprint density at radius 3 is 2.16 bits per heavy atom. The van der Waals surface area contributed by atoms with Gasteiger partial charge in [0, 0.05) is 63.1 Å². The van der Waals surface area contributed by atoms with Crippen LogP contribution >= 0.6 is 0 Å². The van der Waals surface area contributed by atoms with Crippen molar-refractivity contribution in [2.75, 3.05) is 36.0 Å². The highest BCUT2D eigenvalue weighted by Crippen LogP contribution is 2.22. The standard InChI is InChI=1S/C20H21N5/c1-2-4-17(5-3-1)16-19-20(23-11-10-22-19)25-14-12-24(13-15-25)18-6-8-21-9-7-18/h1-11H,12-16H2. The lowest BCUT2D eigenvalue weighted by molar-refractivity contribution is 0.643. The second-order valence-electron chi connectivity index (χ2n) is 6.17. The molecule has 0 aliphatic carbocycles. The third kappa shape index (κ3) is 3.60. The molecule has 0 N–H and O–H groups in total. The van der Waals surface area contributed by atoms with Gasteiger partial charge in [0.15, 0.2) is 5.82 Å². The fraction of sp³-hybridized carbons (Fsp3) is 0.250. The van der Waals surface area contributed by atoms with E-state index in [1.54, 1.807) is 12.4 Å². The summed E-state index contributed by atoms with van der Waals surface area (Å²) in [4.78, 5) is 18.1. The zero-order chi connectivity index (χ0) is 16.9. The lowest BCUT2D eigenvalue weighted by Gasteiger charge is -2.37. The largest absolute Gasteiger partial charge is 0.368 e. The number of hydrogen-bond acceptors (Lipinski definition) is 5.